The second-order valence-electron chi connectivity index (χ2n) is 9.40. The van der Waals surface area contributed by atoms with Crippen molar-refractivity contribution in [3.05, 3.63) is 93.2 Å². The normalized spacial score (nSPS) is 16.1. The third-order valence-corrected chi connectivity index (χ3v) is 6.58. The number of H-pyrrole nitrogens is 1. The summed E-state index contributed by atoms with van der Waals surface area (Å²) in [4.78, 5) is 20.4. The SMILES string of the molecule is N#C[C@H]1CCN(Cc2ccc(C#Cc3ccc(C(CNCC(F)F)Cc4nc[nH]c(=O)c4O)cc3)cc2)C1. The Bertz CT molecular complexity index is 1370. The predicted octanol–water partition coefficient (Wildman–Crippen LogP) is 3.40. The molecule has 1 aromatic heterocycles. The van der Waals surface area contributed by atoms with Crippen LogP contribution in [0.5, 0.6) is 5.75 Å². The molecule has 7 nitrogen and oxygen atoms in total. The molecule has 1 aliphatic heterocycles. The number of nitrogens with zero attached hydrogens (tertiary/aromatic N) is 3. The molecule has 2 atom stereocenters. The molecule has 196 valence electrons. The number of aromatic hydroxyl groups is 1. The molecule has 38 heavy (non-hydrogen) atoms. The van der Waals surface area contributed by atoms with Crippen molar-refractivity contribution in [2.75, 3.05) is 26.2 Å². The van der Waals surface area contributed by atoms with Gasteiger partial charge >= 0.3 is 0 Å². The lowest BCUT2D eigenvalue weighted by Crippen LogP contribution is -2.28. The number of aromatic amines is 1. The second kappa shape index (κ2) is 13.0. The van der Waals surface area contributed by atoms with Crippen LogP contribution in [-0.4, -0.2) is 52.6 Å². The minimum atomic E-state index is -2.48. The second-order valence-corrected chi connectivity index (χ2v) is 9.40. The predicted molar refractivity (Wildman–Crippen MR) is 140 cm³/mol. The number of rotatable bonds is 9. The van der Waals surface area contributed by atoms with Crippen molar-refractivity contribution in [1.29, 1.82) is 5.26 Å². The molecule has 9 heteroatoms. The fraction of sp³-hybridized carbons (Fsp3) is 0.345. The van der Waals surface area contributed by atoms with Crippen LogP contribution in [0.25, 0.3) is 0 Å². The summed E-state index contributed by atoms with van der Waals surface area (Å²) in [5, 5.41) is 21.9. The first-order valence-corrected chi connectivity index (χ1v) is 12.5. The topological polar surface area (TPSA) is 105 Å². The molecule has 1 unspecified atom stereocenters. The molecule has 3 aromatic rings. The Hall–Kier alpha value is -4.05. The molecule has 2 aromatic carbocycles. The Labute approximate surface area is 220 Å². The number of alkyl halides is 2. The van der Waals surface area contributed by atoms with Crippen LogP contribution in [0.3, 0.4) is 0 Å². The van der Waals surface area contributed by atoms with Crippen molar-refractivity contribution in [2.45, 2.75) is 31.7 Å². The standard InChI is InChI=1S/C29H29F2N5O2/c30-27(31)16-33-15-25(13-26-28(37)29(38)35-19-34-26)24-9-7-21(8-10-24)2-1-20-3-5-22(6-4-20)17-36-12-11-23(14-32)18-36/h3-10,19,23,25,27,33,37H,11-13,15-18H2,(H,34,35,38)/t23-,25?/m1/s1. The van der Waals surface area contributed by atoms with Crippen molar-refractivity contribution in [3.8, 4) is 23.7 Å². The van der Waals surface area contributed by atoms with Gasteiger partial charge in [0.1, 0.15) is 0 Å². The summed E-state index contributed by atoms with van der Waals surface area (Å²) in [6.45, 7) is 2.36. The maximum absolute atomic E-state index is 12.7. The van der Waals surface area contributed by atoms with Crippen LogP contribution in [0.1, 0.15) is 40.3 Å². The third kappa shape index (κ3) is 7.48. The third-order valence-electron chi connectivity index (χ3n) is 6.58. The first kappa shape index (κ1) is 27.0. The van der Waals surface area contributed by atoms with E-state index in [-0.39, 0.29) is 30.5 Å². The summed E-state index contributed by atoms with van der Waals surface area (Å²) in [5.74, 6) is 5.68. The molecule has 1 aliphatic rings. The maximum atomic E-state index is 12.7. The zero-order valence-electron chi connectivity index (χ0n) is 20.8. The van der Waals surface area contributed by atoms with Gasteiger partial charge in [-0.25, -0.2) is 13.8 Å². The average molecular weight is 518 g/mol. The van der Waals surface area contributed by atoms with Gasteiger partial charge in [-0.1, -0.05) is 36.1 Å². The number of likely N-dealkylation sites (tertiary alicyclic amines) is 1. The highest BCUT2D eigenvalue weighted by molar-refractivity contribution is 5.44. The van der Waals surface area contributed by atoms with Crippen molar-refractivity contribution >= 4 is 0 Å². The van der Waals surface area contributed by atoms with Gasteiger partial charge in [0.2, 0.25) is 5.75 Å². The highest BCUT2D eigenvalue weighted by atomic mass is 19.3. The number of hydrogen-bond donors (Lipinski definition) is 3. The highest BCUT2D eigenvalue weighted by Crippen LogP contribution is 2.23. The van der Waals surface area contributed by atoms with Crippen molar-refractivity contribution in [1.82, 2.24) is 20.2 Å². The Balaban J connectivity index is 1.41. The van der Waals surface area contributed by atoms with E-state index in [2.05, 4.69) is 50.2 Å². The van der Waals surface area contributed by atoms with Crippen LogP contribution in [-0.2, 0) is 13.0 Å². The Morgan fingerprint density at radius 3 is 2.42 bits per heavy atom. The Morgan fingerprint density at radius 2 is 1.79 bits per heavy atom. The van der Waals surface area contributed by atoms with E-state index in [0.717, 1.165) is 42.7 Å². The van der Waals surface area contributed by atoms with Gasteiger partial charge < -0.3 is 15.4 Å². The van der Waals surface area contributed by atoms with Crippen LogP contribution in [0.2, 0.25) is 0 Å². The molecule has 0 amide bonds. The summed E-state index contributed by atoms with van der Waals surface area (Å²) < 4.78 is 25.3. The van der Waals surface area contributed by atoms with E-state index in [1.54, 1.807) is 0 Å². The van der Waals surface area contributed by atoms with Crippen LogP contribution in [0.4, 0.5) is 8.78 Å². The Morgan fingerprint density at radius 1 is 1.11 bits per heavy atom. The van der Waals surface area contributed by atoms with E-state index in [0.29, 0.717) is 0 Å². The van der Waals surface area contributed by atoms with Crippen LogP contribution >= 0.6 is 0 Å². The lowest BCUT2D eigenvalue weighted by atomic mass is 9.93. The maximum Gasteiger partial charge on any atom is 0.293 e. The van der Waals surface area contributed by atoms with Gasteiger partial charge in [0, 0.05) is 43.1 Å². The van der Waals surface area contributed by atoms with Gasteiger partial charge in [0.15, 0.2) is 0 Å². The van der Waals surface area contributed by atoms with Gasteiger partial charge in [-0.05, 0) is 48.4 Å². The van der Waals surface area contributed by atoms with Gasteiger partial charge in [-0.3, -0.25) is 9.69 Å². The number of nitriles is 1. The van der Waals surface area contributed by atoms with Crippen LogP contribution in [0, 0.1) is 29.1 Å². The monoisotopic (exact) mass is 517 g/mol. The van der Waals surface area contributed by atoms with Gasteiger partial charge in [0.25, 0.3) is 12.0 Å². The Kier molecular flexibility index (Phi) is 9.21. The molecular formula is C29H29F2N5O2. The molecular weight excluding hydrogens is 488 g/mol. The quantitative estimate of drug-likeness (QED) is 0.376. The van der Waals surface area contributed by atoms with Crippen LogP contribution in [0.15, 0.2) is 59.7 Å². The zero-order valence-corrected chi connectivity index (χ0v) is 20.8. The smallest absolute Gasteiger partial charge is 0.293 e. The fourth-order valence-corrected chi connectivity index (χ4v) is 4.50. The van der Waals surface area contributed by atoms with Gasteiger partial charge in [0.05, 0.1) is 30.6 Å². The van der Waals surface area contributed by atoms with Crippen molar-refractivity contribution in [3.63, 3.8) is 0 Å². The number of nitrogens with one attached hydrogen (secondary N) is 2. The summed E-state index contributed by atoms with van der Waals surface area (Å²) in [5.41, 5.74) is 3.29. The lowest BCUT2D eigenvalue weighted by molar-refractivity contribution is 0.145. The van der Waals surface area contributed by atoms with E-state index >= 15 is 0 Å². The number of benzene rings is 2. The van der Waals surface area contributed by atoms with Gasteiger partial charge in [-0.15, -0.1) is 0 Å². The summed E-state index contributed by atoms with van der Waals surface area (Å²) in [6, 6.07) is 17.9. The van der Waals surface area contributed by atoms with E-state index in [1.165, 1.54) is 11.9 Å². The first-order valence-electron chi connectivity index (χ1n) is 12.5. The molecule has 2 heterocycles. The van der Waals surface area contributed by atoms with E-state index in [4.69, 9.17) is 5.26 Å². The molecule has 1 fully saturated rings. The molecule has 0 aliphatic carbocycles. The molecule has 0 radical (unpaired) electrons. The zero-order chi connectivity index (χ0) is 26.9. The van der Waals surface area contributed by atoms with Crippen molar-refractivity contribution < 1.29 is 13.9 Å². The average Bonchev–Trinajstić information content (AvgIpc) is 3.38. The van der Waals surface area contributed by atoms with E-state index in [1.807, 2.05) is 36.4 Å². The van der Waals surface area contributed by atoms with E-state index < -0.39 is 24.3 Å². The minimum Gasteiger partial charge on any atom is -0.502 e. The molecule has 3 N–H and O–H groups in total. The summed E-state index contributed by atoms with van der Waals surface area (Å²) in [7, 11) is 0. The summed E-state index contributed by atoms with van der Waals surface area (Å²) in [6.07, 6.45) is -0.137. The minimum absolute atomic E-state index is 0.127. The van der Waals surface area contributed by atoms with E-state index in [9.17, 15) is 18.7 Å². The molecule has 4 rings (SSSR count). The van der Waals surface area contributed by atoms with Gasteiger partial charge in [-0.2, -0.15) is 5.26 Å². The number of hydrogen-bond acceptors (Lipinski definition) is 6. The molecule has 0 spiro atoms. The molecule has 0 bridgehead atoms. The summed E-state index contributed by atoms with van der Waals surface area (Å²) >= 11 is 0. The highest BCUT2D eigenvalue weighted by Gasteiger charge is 2.21. The largest absolute Gasteiger partial charge is 0.502 e. The fourth-order valence-electron chi connectivity index (χ4n) is 4.50. The van der Waals surface area contributed by atoms with Crippen molar-refractivity contribution in [2.24, 2.45) is 5.92 Å². The number of aromatic nitrogens is 2. The molecule has 1 saturated heterocycles. The first-order chi connectivity index (χ1) is 18.4. The number of halogens is 2. The van der Waals surface area contributed by atoms with Crippen LogP contribution < -0.4 is 10.9 Å². The molecule has 0 saturated carbocycles. The lowest BCUT2D eigenvalue weighted by Gasteiger charge is -2.18.